The van der Waals surface area contributed by atoms with Crippen molar-refractivity contribution >= 4 is 34.6 Å². The Morgan fingerprint density at radius 2 is 2.25 bits per heavy atom. The number of carbonyl (C=O) groups excluding carboxylic acids is 1. The molecule has 0 atom stereocenters. The van der Waals surface area contributed by atoms with Crippen molar-refractivity contribution in [2.24, 2.45) is 0 Å². The van der Waals surface area contributed by atoms with Crippen LogP contribution in [0.2, 0.25) is 9.26 Å². The minimum absolute atomic E-state index is 0.0568. The molecule has 2 aromatic heterocycles. The molecule has 0 saturated carbocycles. The van der Waals surface area contributed by atoms with E-state index in [0.29, 0.717) is 21.7 Å². The molecule has 0 spiro atoms. The molecule has 8 heteroatoms. The van der Waals surface area contributed by atoms with Crippen molar-refractivity contribution in [2.75, 3.05) is 10.6 Å². The first-order valence-electron chi connectivity index (χ1n) is 8.76. The maximum Gasteiger partial charge on any atom is 0.330 e. The van der Waals surface area contributed by atoms with Gasteiger partial charge in [-0.15, -0.1) is 5.09 Å². The van der Waals surface area contributed by atoms with E-state index in [0.717, 1.165) is 10.4 Å². The number of pyridine rings is 1. The molecule has 0 unspecified atom stereocenters. The molecular weight excluding hydrogens is 328 g/mol. The molecule has 3 aromatic rings. The van der Waals surface area contributed by atoms with Crippen LogP contribution in [0.1, 0.15) is 7.20 Å². The third-order valence-corrected chi connectivity index (χ3v) is 3.54. The van der Waals surface area contributed by atoms with Crippen molar-refractivity contribution in [2.45, 2.75) is 0 Å². The van der Waals surface area contributed by atoms with E-state index in [4.69, 9.17) is 17.2 Å². The number of halogens is 1. The molecule has 0 aliphatic carbocycles. The lowest BCUT2D eigenvalue weighted by Gasteiger charge is -2.17. The van der Waals surface area contributed by atoms with Gasteiger partial charge in [0, 0.05) is 34.3 Å². The highest BCUT2D eigenvalue weighted by atomic mass is 35.5. The number of aromatic nitrogens is 4. The summed E-state index contributed by atoms with van der Waals surface area (Å²) in [6, 6.07) is 7.08. The number of benzene rings is 1. The number of fused-ring (bicyclic) bond motifs is 3. The molecule has 0 bridgehead atoms. The summed E-state index contributed by atoms with van der Waals surface area (Å²) in [5.74, 6) is -0.906. The van der Waals surface area contributed by atoms with Crippen LogP contribution in [0, 0.1) is 0 Å². The molecule has 4 rings (SSSR count). The highest BCUT2D eigenvalue weighted by molar-refractivity contribution is 6.31. The second-order valence-electron chi connectivity index (χ2n) is 4.87. The predicted octanol–water partition coefficient (Wildman–Crippen LogP) is 2.14. The number of carbonyl (C=O) groups is 1. The lowest BCUT2D eigenvalue weighted by Crippen LogP contribution is -2.38. The smallest absolute Gasteiger partial charge is 0.330 e. The van der Waals surface area contributed by atoms with Gasteiger partial charge in [0.05, 0.1) is 7.06 Å². The van der Waals surface area contributed by atoms with Gasteiger partial charge in [0.1, 0.15) is 11.4 Å². The highest BCUT2D eigenvalue weighted by Crippen LogP contribution is 2.28. The van der Waals surface area contributed by atoms with E-state index in [2.05, 4.69) is 10.1 Å². The van der Waals surface area contributed by atoms with E-state index in [9.17, 15) is 4.79 Å². The Kier molecular flexibility index (Phi) is 2.54. The zero-order valence-corrected chi connectivity index (χ0v) is 12.8. The number of anilines is 2. The molecule has 3 heterocycles. The molecule has 24 heavy (non-hydrogen) atoms. The first kappa shape index (κ1) is 10.6. The standard InChI is InChI=1S/C16H11ClN6O/c17-10-1-2-14-12(7-10)21-13(16-22-19-9-23(14)16)8-15(24)20-11-3-5-18-6-4-11/h1-9H,(H2,18,20,21,24)/p+1/i8D/hD3. The quantitative estimate of drug-likeness (QED) is 0.491. The van der Waals surface area contributed by atoms with Crippen LogP contribution in [0.5, 0.6) is 0 Å². The third kappa shape index (κ3) is 2.61. The molecule has 3 N–H and O–H groups in total. The minimum Gasteiger partial charge on any atom is -0.347 e. The molecule has 1 aromatic carbocycles. The summed E-state index contributed by atoms with van der Waals surface area (Å²) >= 11 is 6.04. The zero-order chi connectivity index (χ0) is 20.0. The zero-order valence-electron chi connectivity index (χ0n) is 16.1. The predicted molar refractivity (Wildman–Crippen MR) is 89.6 cm³/mol. The monoisotopic (exact) mass is 343 g/mol. The molecule has 7 nitrogen and oxygen atoms in total. The summed E-state index contributed by atoms with van der Waals surface area (Å²) < 4.78 is 34.1. The van der Waals surface area contributed by atoms with Crippen molar-refractivity contribution < 1.29 is 15.0 Å². The van der Waals surface area contributed by atoms with Gasteiger partial charge >= 0.3 is 7.24 Å². The summed E-state index contributed by atoms with van der Waals surface area (Å²) in [6.07, 6.45) is 4.19. The van der Waals surface area contributed by atoms with Gasteiger partial charge in [-0.05, 0) is 30.3 Å². The SMILES string of the molecule is [2H]/C(C(=O)N([2H])c1ccncc1)=C1\c2nn([2H])c[n+]2-c2ccc(Cl)cc2N1[2H]. The van der Waals surface area contributed by atoms with E-state index < -0.39 is 12.0 Å². The number of H-pyrrole nitrogens is 1. The summed E-state index contributed by atoms with van der Waals surface area (Å²) in [7, 11) is 0. The Hall–Kier alpha value is -3.19. The Morgan fingerprint density at radius 1 is 1.42 bits per heavy atom. The maximum absolute atomic E-state index is 12.7. The largest absolute Gasteiger partial charge is 0.347 e. The Bertz CT molecular complexity index is 1120. The maximum atomic E-state index is 12.7. The van der Waals surface area contributed by atoms with E-state index in [-0.39, 0.29) is 17.2 Å². The lowest BCUT2D eigenvalue weighted by atomic mass is 10.2. The first-order valence-corrected chi connectivity index (χ1v) is 7.30. The first-order chi connectivity index (χ1) is 13.4. The van der Waals surface area contributed by atoms with Crippen LogP contribution in [-0.4, -0.2) is 21.1 Å². The van der Waals surface area contributed by atoms with Crippen LogP contribution < -0.4 is 15.2 Å². The molecule has 1 amide bonds. The van der Waals surface area contributed by atoms with E-state index in [1.54, 1.807) is 12.1 Å². The topological polar surface area (TPSA) is 86.6 Å². The minimum atomic E-state index is -0.963. The number of aromatic amines is 1. The molecule has 1 aliphatic rings. The summed E-state index contributed by atoms with van der Waals surface area (Å²) in [4.78, 5) is 16.6. The molecular formula is C16H12ClN6O+. The van der Waals surface area contributed by atoms with Crippen molar-refractivity contribution in [3.8, 4) is 5.69 Å². The second-order valence-corrected chi connectivity index (χ2v) is 5.30. The normalized spacial score (nSPS) is 17.0. The number of hydrogen-bond donors (Lipinski definition) is 3. The fourth-order valence-electron chi connectivity index (χ4n) is 2.28. The van der Waals surface area contributed by atoms with Crippen LogP contribution in [0.4, 0.5) is 11.4 Å². The van der Waals surface area contributed by atoms with Gasteiger partial charge in [-0.2, -0.15) is 4.57 Å². The molecule has 0 fully saturated rings. The van der Waals surface area contributed by atoms with Crippen LogP contribution in [0.25, 0.3) is 11.4 Å². The lowest BCUT2D eigenvalue weighted by molar-refractivity contribution is -0.598. The molecule has 0 radical (unpaired) electrons. The fourth-order valence-corrected chi connectivity index (χ4v) is 2.45. The summed E-state index contributed by atoms with van der Waals surface area (Å²) in [5, 5.41) is 6.52. The second kappa shape index (κ2) is 5.78. The van der Waals surface area contributed by atoms with Crippen LogP contribution in [0.3, 0.4) is 0 Å². The Balaban J connectivity index is 1.87. The summed E-state index contributed by atoms with van der Waals surface area (Å²) in [5.41, 5.74) is 0.886. The van der Waals surface area contributed by atoms with Crippen LogP contribution in [0.15, 0.2) is 55.1 Å². The van der Waals surface area contributed by atoms with Crippen LogP contribution in [-0.2, 0) is 4.79 Å². The van der Waals surface area contributed by atoms with E-state index >= 15 is 0 Å². The van der Waals surface area contributed by atoms with Gasteiger partial charge in [0.2, 0.25) is 6.33 Å². The average Bonchev–Trinajstić information content (AvgIpc) is 3.08. The molecule has 118 valence electrons. The Morgan fingerprint density at radius 3 is 3.08 bits per heavy atom. The van der Waals surface area contributed by atoms with Gasteiger partial charge in [0.25, 0.3) is 5.91 Å². The van der Waals surface area contributed by atoms with E-state index in [1.807, 2.05) is 0 Å². The van der Waals surface area contributed by atoms with Gasteiger partial charge in [-0.1, -0.05) is 11.6 Å². The number of nitrogens with one attached hydrogen (secondary N) is 3. The van der Waals surface area contributed by atoms with Crippen molar-refractivity contribution in [1.29, 1.82) is 0 Å². The molecule has 1 aliphatic heterocycles. The number of rotatable bonds is 2. The average molecular weight is 344 g/mol. The van der Waals surface area contributed by atoms with Gasteiger partial charge < -0.3 is 10.6 Å². The highest BCUT2D eigenvalue weighted by Gasteiger charge is 2.28. The van der Waals surface area contributed by atoms with E-state index in [1.165, 1.54) is 41.5 Å². The number of hydrogen-bond acceptors (Lipinski definition) is 4. The third-order valence-electron chi connectivity index (χ3n) is 3.31. The summed E-state index contributed by atoms with van der Waals surface area (Å²) in [6.45, 7) is 0. The van der Waals surface area contributed by atoms with Gasteiger partial charge in [0.15, 0.2) is 2.82 Å². The molecule has 0 saturated heterocycles. The Labute approximate surface area is 147 Å². The van der Waals surface area contributed by atoms with Crippen molar-refractivity contribution in [3.05, 3.63) is 66.0 Å². The van der Waals surface area contributed by atoms with Crippen molar-refractivity contribution in [3.63, 3.8) is 0 Å². The number of amides is 1. The van der Waals surface area contributed by atoms with Gasteiger partial charge in [-0.3, -0.25) is 9.78 Å². The van der Waals surface area contributed by atoms with Crippen molar-refractivity contribution in [1.82, 2.24) is 15.2 Å². The number of nitrogens with zero attached hydrogens (tertiary/aromatic N) is 3. The fraction of sp³-hybridized carbons (Fsp3) is 0. The van der Waals surface area contributed by atoms with Crippen LogP contribution >= 0.6 is 11.6 Å². The van der Waals surface area contributed by atoms with Gasteiger partial charge in [-0.25, -0.2) is 0 Å².